The second-order valence-electron chi connectivity index (χ2n) is 7.36. The third-order valence-corrected chi connectivity index (χ3v) is 5.00. The first kappa shape index (κ1) is 21.3. The highest BCUT2D eigenvalue weighted by Gasteiger charge is 2.31. The summed E-state index contributed by atoms with van der Waals surface area (Å²) in [6.07, 6.45) is 3.75. The molecule has 3 atom stereocenters. The lowest BCUT2D eigenvalue weighted by Gasteiger charge is -2.36. The van der Waals surface area contributed by atoms with Crippen LogP contribution < -0.4 is 22.5 Å². The molecule has 2 rings (SSSR count). The van der Waals surface area contributed by atoms with Crippen molar-refractivity contribution in [2.75, 3.05) is 19.6 Å². The van der Waals surface area contributed by atoms with E-state index in [0.29, 0.717) is 38.0 Å². The molecular formula is C20H33N5O2. The summed E-state index contributed by atoms with van der Waals surface area (Å²) in [5.41, 5.74) is 19.3. The van der Waals surface area contributed by atoms with Crippen LogP contribution in [0.1, 0.15) is 48.5 Å². The third-order valence-electron chi connectivity index (χ3n) is 5.00. The normalized spacial score (nSPS) is 21.0. The summed E-state index contributed by atoms with van der Waals surface area (Å²) in [7, 11) is 0. The van der Waals surface area contributed by atoms with Crippen LogP contribution in [0.3, 0.4) is 0 Å². The Hall–Kier alpha value is -1.96. The number of hydrogen-bond donors (Lipinski definition) is 4. The Balaban J connectivity index is 2.07. The van der Waals surface area contributed by atoms with E-state index in [1.165, 1.54) is 5.56 Å². The van der Waals surface area contributed by atoms with Gasteiger partial charge in [0.2, 0.25) is 5.91 Å². The van der Waals surface area contributed by atoms with Crippen molar-refractivity contribution in [2.24, 2.45) is 17.2 Å². The fourth-order valence-electron chi connectivity index (χ4n) is 3.46. The van der Waals surface area contributed by atoms with Gasteiger partial charge in [-0.15, -0.1) is 0 Å². The Morgan fingerprint density at radius 3 is 2.33 bits per heavy atom. The van der Waals surface area contributed by atoms with Crippen molar-refractivity contribution < 1.29 is 9.59 Å². The number of benzene rings is 1. The molecule has 1 aromatic rings. The molecule has 1 fully saturated rings. The van der Waals surface area contributed by atoms with Gasteiger partial charge in [0.25, 0.3) is 5.91 Å². The highest BCUT2D eigenvalue weighted by molar-refractivity contribution is 5.97. The van der Waals surface area contributed by atoms with Crippen molar-refractivity contribution in [3.63, 3.8) is 0 Å². The van der Waals surface area contributed by atoms with E-state index in [9.17, 15) is 9.59 Å². The van der Waals surface area contributed by atoms with Crippen LogP contribution in [0.4, 0.5) is 0 Å². The lowest BCUT2D eigenvalue weighted by molar-refractivity contribution is -0.135. The highest BCUT2D eigenvalue weighted by atomic mass is 16.2. The van der Waals surface area contributed by atoms with Gasteiger partial charge in [0.15, 0.2) is 0 Å². The molecule has 1 aromatic carbocycles. The highest BCUT2D eigenvalue weighted by Crippen LogP contribution is 2.13. The zero-order valence-electron chi connectivity index (χ0n) is 16.2. The van der Waals surface area contributed by atoms with Crippen LogP contribution in [0.15, 0.2) is 24.3 Å². The average molecular weight is 376 g/mol. The fraction of sp³-hybridized carbons (Fsp3) is 0.600. The smallest absolute Gasteiger partial charge is 0.251 e. The number of nitrogens with two attached hydrogens (primary N) is 3. The van der Waals surface area contributed by atoms with Gasteiger partial charge in [0.1, 0.15) is 6.04 Å². The van der Waals surface area contributed by atoms with Crippen LogP contribution in [0.25, 0.3) is 0 Å². The van der Waals surface area contributed by atoms with Gasteiger partial charge in [0, 0.05) is 30.7 Å². The fourth-order valence-corrected chi connectivity index (χ4v) is 3.46. The largest absolute Gasteiger partial charge is 0.340 e. The molecule has 0 aromatic heterocycles. The number of carbonyl (C=O) groups is 2. The molecule has 0 saturated carbocycles. The summed E-state index contributed by atoms with van der Waals surface area (Å²) in [5.74, 6) is -0.356. The van der Waals surface area contributed by atoms with Crippen molar-refractivity contribution in [2.45, 2.75) is 57.2 Å². The number of likely N-dealkylation sites (tertiary alicyclic amines) is 1. The summed E-state index contributed by atoms with van der Waals surface area (Å²) in [4.78, 5) is 27.4. The molecule has 7 heteroatoms. The van der Waals surface area contributed by atoms with Gasteiger partial charge in [-0.05, 0) is 56.3 Å². The predicted octanol–water partition coefficient (Wildman–Crippen LogP) is 0.363. The number of hydrogen-bond acceptors (Lipinski definition) is 5. The SMILES string of the molecule is CCc1ccc(C(=O)NC(CCCCN)C(=O)N2C[C@H](N)C[C@H](N)C2)cc1. The van der Waals surface area contributed by atoms with Crippen LogP contribution in [-0.4, -0.2) is 54.5 Å². The summed E-state index contributed by atoms with van der Waals surface area (Å²) < 4.78 is 0. The summed E-state index contributed by atoms with van der Waals surface area (Å²) in [6.45, 7) is 3.57. The number of rotatable bonds is 8. The average Bonchev–Trinajstić information content (AvgIpc) is 2.66. The number of piperidine rings is 1. The minimum atomic E-state index is -0.590. The molecule has 27 heavy (non-hydrogen) atoms. The molecule has 1 aliphatic rings. The molecular weight excluding hydrogens is 342 g/mol. The Labute approximate surface area is 161 Å². The Morgan fingerprint density at radius 2 is 1.78 bits per heavy atom. The molecule has 0 bridgehead atoms. The van der Waals surface area contributed by atoms with Gasteiger partial charge in [-0.3, -0.25) is 9.59 Å². The number of amides is 2. The first-order valence-corrected chi connectivity index (χ1v) is 9.84. The number of carbonyl (C=O) groups excluding carboxylic acids is 2. The molecule has 1 unspecified atom stereocenters. The number of nitrogens with one attached hydrogen (secondary N) is 1. The molecule has 7 N–H and O–H groups in total. The third kappa shape index (κ3) is 6.30. The monoisotopic (exact) mass is 375 g/mol. The van der Waals surface area contributed by atoms with Gasteiger partial charge in [-0.2, -0.15) is 0 Å². The van der Waals surface area contributed by atoms with Gasteiger partial charge in [-0.1, -0.05) is 19.1 Å². The van der Waals surface area contributed by atoms with Crippen LogP contribution >= 0.6 is 0 Å². The minimum Gasteiger partial charge on any atom is -0.340 e. The van der Waals surface area contributed by atoms with E-state index in [2.05, 4.69) is 12.2 Å². The molecule has 0 radical (unpaired) electrons. The maximum Gasteiger partial charge on any atom is 0.251 e. The van der Waals surface area contributed by atoms with Crippen LogP contribution in [0.2, 0.25) is 0 Å². The molecule has 7 nitrogen and oxygen atoms in total. The van der Waals surface area contributed by atoms with Crippen LogP contribution in [-0.2, 0) is 11.2 Å². The van der Waals surface area contributed by atoms with E-state index in [1.807, 2.05) is 12.1 Å². The zero-order valence-corrected chi connectivity index (χ0v) is 16.2. The lowest BCUT2D eigenvalue weighted by Crippen LogP contribution is -2.58. The first-order valence-electron chi connectivity index (χ1n) is 9.84. The summed E-state index contributed by atoms with van der Waals surface area (Å²) in [6, 6.07) is 6.61. The standard InChI is InChI=1S/C20H33N5O2/c1-2-14-6-8-15(9-7-14)19(26)24-18(5-3-4-10-21)20(27)25-12-16(22)11-17(23)13-25/h6-9,16-18H,2-5,10-13,21-23H2,1H3,(H,24,26)/t16-,17+,18?. The molecule has 1 aliphatic heterocycles. The van der Waals surface area contributed by atoms with Crippen LogP contribution in [0.5, 0.6) is 0 Å². The van der Waals surface area contributed by atoms with Gasteiger partial charge < -0.3 is 27.4 Å². The summed E-state index contributed by atoms with van der Waals surface area (Å²) in [5, 5.41) is 2.90. The second kappa shape index (κ2) is 10.4. The second-order valence-corrected chi connectivity index (χ2v) is 7.36. The first-order chi connectivity index (χ1) is 12.9. The van der Waals surface area contributed by atoms with E-state index in [-0.39, 0.29) is 23.9 Å². The molecule has 1 heterocycles. The predicted molar refractivity (Wildman–Crippen MR) is 107 cm³/mol. The topological polar surface area (TPSA) is 127 Å². The van der Waals surface area contributed by atoms with E-state index in [1.54, 1.807) is 17.0 Å². The zero-order chi connectivity index (χ0) is 19.8. The molecule has 1 saturated heterocycles. The Bertz CT molecular complexity index is 609. The van der Waals surface area contributed by atoms with Gasteiger partial charge >= 0.3 is 0 Å². The summed E-state index contributed by atoms with van der Waals surface area (Å²) >= 11 is 0. The van der Waals surface area contributed by atoms with Crippen molar-refractivity contribution in [3.8, 4) is 0 Å². The van der Waals surface area contributed by atoms with Crippen molar-refractivity contribution in [1.82, 2.24) is 10.2 Å². The molecule has 150 valence electrons. The van der Waals surface area contributed by atoms with Crippen molar-refractivity contribution in [1.29, 1.82) is 0 Å². The van der Waals surface area contributed by atoms with Gasteiger partial charge in [0.05, 0.1) is 0 Å². The lowest BCUT2D eigenvalue weighted by atomic mass is 10.00. The number of aryl methyl sites for hydroxylation is 1. The van der Waals surface area contributed by atoms with Crippen molar-refractivity contribution >= 4 is 11.8 Å². The Morgan fingerprint density at radius 1 is 1.15 bits per heavy atom. The molecule has 0 aliphatic carbocycles. The minimum absolute atomic E-state index is 0.115. The van der Waals surface area contributed by atoms with E-state index in [4.69, 9.17) is 17.2 Å². The van der Waals surface area contributed by atoms with Crippen LogP contribution in [0, 0.1) is 0 Å². The maximum atomic E-state index is 13.0. The van der Waals surface area contributed by atoms with E-state index < -0.39 is 6.04 Å². The van der Waals surface area contributed by atoms with Gasteiger partial charge in [-0.25, -0.2) is 0 Å². The number of nitrogens with zero attached hydrogens (tertiary/aromatic N) is 1. The molecule has 0 spiro atoms. The molecule has 2 amide bonds. The van der Waals surface area contributed by atoms with Crippen molar-refractivity contribution in [3.05, 3.63) is 35.4 Å². The maximum absolute atomic E-state index is 13.0. The van der Waals surface area contributed by atoms with E-state index in [0.717, 1.165) is 19.3 Å². The quantitative estimate of drug-likeness (QED) is 0.488. The van der Waals surface area contributed by atoms with E-state index >= 15 is 0 Å². The Kier molecular flexibility index (Phi) is 8.22. The number of unbranched alkanes of at least 4 members (excludes halogenated alkanes) is 1.